The predicted octanol–water partition coefficient (Wildman–Crippen LogP) is 2.28. The summed E-state index contributed by atoms with van der Waals surface area (Å²) >= 11 is 0. The highest BCUT2D eigenvalue weighted by Crippen LogP contribution is 2.18. The van der Waals surface area contributed by atoms with Crippen molar-refractivity contribution in [3.8, 4) is 0 Å². The molecule has 0 atom stereocenters. The van der Waals surface area contributed by atoms with Gasteiger partial charge in [0.15, 0.2) is 0 Å². The van der Waals surface area contributed by atoms with Gasteiger partial charge in [0, 0.05) is 18.8 Å². The summed E-state index contributed by atoms with van der Waals surface area (Å²) < 4.78 is 12.9. The number of halogens is 1. The quantitative estimate of drug-likeness (QED) is 0.895. The molecule has 2 aromatic rings. The topological polar surface area (TPSA) is 52.7 Å². The van der Waals surface area contributed by atoms with Crippen LogP contribution in [0.15, 0.2) is 48.5 Å². The van der Waals surface area contributed by atoms with E-state index in [9.17, 15) is 14.0 Å². The number of hydrogen-bond donors (Lipinski definition) is 1. The Kier molecular flexibility index (Phi) is 5.63. The Morgan fingerprint density at radius 3 is 2.50 bits per heavy atom. The molecule has 2 aromatic carbocycles. The molecule has 0 saturated carbocycles. The number of likely N-dealkylation sites (N-methyl/N-ethyl adjacent to an activating group) is 1. The first-order valence-corrected chi connectivity index (χ1v) is 8.60. The number of carbonyl (C=O) groups is 2. The second-order valence-corrected chi connectivity index (χ2v) is 6.56. The fourth-order valence-electron chi connectivity index (χ4n) is 3.07. The third-order valence-corrected chi connectivity index (χ3v) is 4.43. The van der Waals surface area contributed by atoms with Crippen molar-refractivity contribution in [2.24, 2.45) is 0 Å². The first kappa shape index (κ1) is 18.1. The second kappa shape index (κ2) is 8.10. The maximum Gasteiger partial charge on any atom is 0.238 e. The van der Waals surface area contributed by atoms with E-state index in [1.54, 1.807) is 11.9 Å². The van der Waals surface area contributed by atoms with E-state index >= 15 is 0 Å². The molecule has 0 bridgehead atoms. The summed E-state index contributed by atoms with van der Waals surface area (Å²) in [6.45, 7) is 1.59. The zero-order chi connectivity index (χ0) is 18.5. The number of hydrogen-bond acceptors (Lipinski definition) is 3. The smallest absolute Gasteiger partial charge is 0.238 e. The Balaban J connectivity index is 1.48. The number of anilines is 1. The van der Waals surface area contributed by atoms with E-state index in [4.69, 9.17) is 0 Å². The lowest BCUT2D eigenvalue weighted by atomic mass is 10.00. The molecule has 1 aliphatic heterocycles. The molecular weight excluding hydrogens is 333 g/mol. The number of benzene rings is 2. The third-order valence-electron chi connectivity index (χ3n) is 4.43. The minimum atomic E-state index is -0.353. The molecule has 0 saturated heterocycles. The molecule has 0 radical (unpaired) electrons. The van der Waals surface area contributed by atoms with E-state index < -0.39 is 0 Å². The number of nitrogens with zero attached hydrogens (tertiary/aromatic N) is 2. The lowest BCUT2D eigenvalue weighted by Crippen LogP contribution is -2.43. The Hall–Kier alpha value is -2.73. The molecule has 136 valence electrons. The van der Waals surface area contributed by atoms with Gasteiger partial charge in [-0.1, -0.05) is 24.3 Å². The van der Waals surface area contributed by atoms with Crippen molar-refractivity contribution in [3.63, 3.8) is 0 Å². The van der Waals surface area contributed by atoms with Gasteiger partial charge in [0.25, 0.3) is 0 Å². The molecular formula is C20H22FN3O2. The van der Waals surface area contributed by atoms with E-state index in [1.165, 1.54) is 35.4 Å². The number of amides is 2. The minimum Gasteiger partial charge on any atom is -0.337 e. The van der Waals surface area contributed by atoms with Gasteiger partial charge in [-0.3, -0.25) is 14.5 Å². The highest BCUT2D eigenvalue weighted by molar-refractivity contribution is 5.92. The summed E-state index contributed by atoms with van der Waals surface area (Å²) in [5.74, 6) is -0.582. The maximum absolute atomic E-state index is 12.9. The lowest BCUT2D eigenvalue weighted by Gasteiger charge is -2.30. The van der Waals surface area contributed by atoms with Crippen molar-refractivity contribution in [2.45, 2.75) is 13.0 Å². The van der Waals surface area contributed by atoms with Crippen molar-refractivity contribution in [1.82, 2.24) is 9.80 Å². The summed E-state index contributed by atoms with van der Waals surface area (Å²) in [4.78, 5) is 28.1. The standard InChI is InChI=1S/C20H22FN3O2/c1-23(13-19(25)22-18-8-6-17(21)7-9-18)14-20(26)24-11-10-15-4-2-3-5-16(15)12-24/h2-9H,10-14H2,1H3,(H,22,25). The lowest BCUT2D eigenvalue weighted by molar-refractivity contribution is -0.133. The molecule has 1 aliphatic rings. The van der Waals surface area contributed by atoms with Crippen LogP contribution in [-0.2, 0) is 22.6 Å². The van der Waals surface area contributed by atoms with Crippen LogP contribution < -0.4 is 5.32 Å². The first-order valence-electron chi connectivity index (χ1n) is 8.60. The van der Waals surface area contributed by atoms with Crippen LogP contribution in [0.2, 0.25) is 0 Å². The van der Waals surface area contributed by atoms with Gasteiger partial charge in [-0.25, -0.2) is 4.39 Å². The van der Waals surface area contributed by atoms with Crippen LogP contribution >= 0.6 is 0 Å². The normalized spacial score (nSPS) is 13.4. The molecule has 3 rings (SSSR count). The van der Waals surface area contributed by atoms with Crippen molar-refractivity contribution in [1.29, 1.82) is 0 Å². The largest absolute Gasteiger partial charge is 0.337 e. The monoisotopic (exact) mass is 355 g/mol. The van der Waals surface area contributed by atoms with Crippen LogP contribution in [0.5, 0.6) is 0 Å². The van der Waals surface area contributed by atoms with E-state index in [0.29, 0.717) is 18.8 Å². The van der Waals surface area contributed by atoms with Crippen LogP contribution in [0.1, 0.15) is 11.1 Å². The SMILES string of the molecule is CN(CC(=O)Nc1ccc(F)cc1)CC(=O)N1CCc2ccccc2C1. The van der Waals surface area contributed by atoms with Crippen molar-refractivity contribution in [2.75, 3.05) is 32.0 Å². The molecule has 5 nitrogen and oxygen atoms in total. The van der Waals surface area contributed by atoms with Crippen molar-refractivity contribution >= 4 is 17.5 Å². The number of nitrogens with one attached hydrogen (secondary N) is 1. The van der Waals surface area contributed by atoms with E-state index in [1.807, 2.05) is 17.0 Å². The molecule has 26 heavy (non-hydrogen) atoms. The van der Waals surface area contributed by atoms with Crippen LogP contribution in [0, 0.1) is 5.82 Å². The summed E-state index contributed by atoms with van der Waals surface area (Å²) in [6, 6.07) is 13.7. The Morgan fingerprint density at radius 1 is 1.08 bits per heavy atom. The third kappa shape index (κ3) is 4.67. The minimum absolute atomic E-state index is 0.0107. The highest BCUT2D eigenvalue weighted by atomic mass is 19.1. The van der Waals surface area contributed by atoms with Gasteiger partial charge in [-0.05, 0) is 48.9 Å². The van der Waals surface area contributed by atoms with Gasteiger partial charge >= 0.3 is 0 Å². The van der Waals surface area contributed by atoms with Gasteiger partial charge in [0.2, 0.25) is 11.8 Å². The predicted molar refractivity (Wildman–Crippen MR) is 98.1 cm³/mol. The Morgan fingerprint density at radius 2 is 1.77 bits per heavy atom. The van der Waals surface area contributed by atoms with Gasteiger partial charge < -0.3 is 10.2 Å². The van der Waals surface area contributed by atoms with Gasteiger partial charge in [0.1, 0.15) is 5.82 Å². The average molecular weight is 355 g/mol. The molecule has 0 fully saturated rings. The zero-order valence-electron chi connectivity index (χ0n) is 14.7. The first-order chi connectivity index (χ1) is 12.5. The zero-order valence-corrected chi connectivity index (χ0v) is 14.7. The summed E-state index contributed by atoms with van der Waals surface area (Å²) in [7, 11) is 1.74. The summed E-state index contributed by atoms with van der Waals surface area (Å²) in [6.07, 6.45) is 0.858. The Bertz CT molecular complexity index is 792. The Labute approximate surface area is 152 Å². The summed E-state index contributed by atoms with van der Waals surface area (Å²) in [5, 5.41) is 2.69. The molecule has 0 unspecified atom stereocenters. The van der Waals surface area contributed by atoms with Crippen LogP contribution in [-0.4, -0.2) is 48.3 Å². The second-order valence-electron chi connectivity index (χ2n) is 6.56. The van der Waals surface area contributed by atoms with Crippen LogP contribution in [0.25, 0.3) is 0 Å². The van der Waals surface area contributed by atoms with E-state index in [2.05, 4.69) is 17.4 Å². The van der Waals surface area contributed by atoms with E-state index in [0.717, 1.165) is 6.42 Å². The van der Waals surface area contributed by atoms with Gasteiger partial charge in [-0.15, -0.1) is 0 Å². The summed E-state index contributed by atoms with van der Waals surface area (Å²) in [5.41, 5.74) is 3.01. The van der Waals surface area contributed by atoms with Crippen molar-refractivity contribution in [3.05, 3.63) is 65.5 Å². The number of carbonyl (C=O) groups excluding carboxylic acids is 2. The van der Waals surface area contributed by atoms with Gasteiger partial charge in [-0.2, -0.15) is 0 Å². The molecule has 6 heteroatoms. The molecule has 1 heterocycles. The molecule has 0 aromatic heterocycles. The van der Waals surface area contributed by atoms with Crippen molar-refractivity contribution < 1.29 is 14.0 Å². The fourth-order valence-corrected chi connectivity index (χ4v) is 3.07. The average Bonchev–Trinajstić information content (AvgIpc) is 2.63. The molecule has 2 amide bonds. The number of fused-ring (bicyclic) bond motifs is 1. The highest BCUT2D eigenvalue weighted by Gasteiger charge is 2.21. The van der Waals surface area contributed by atoms with Gasteiger partial charge in [0.05, 0.1) is 13.1 Å². The molecule has 0 spiro atoms. The molecule has 0 aliphatic carbocycles. The maximum atomic E-state index is 12.9. The van der Waals surface area contributed by atoms with Crippen LogP contribution in [0.3, 0.4) is 0 Å². The fraction of sp³-hybridized carbons (Fsp3) is 0.300. The molecule has 1 N–H and O–H groups in total. The van der Waals surface area contributed by atoms with E-state index in [-0.39, 0.29) is 30.7 Å². The van der Waals surface area contributed by atoms with Crippen LogP contribution in [0.4, 0.5) is 10.1 Å². The number of rotatable bonds is 5.